The summed E-state index contributed by atoms with van der Waals surface area (Å²) < 4.78 is 0. The molecule has 1 aliphatic rings. The van der Waals surface area contributed by atoms with E-state index < -0.39 is 0 Å². The van der Waals surface area contributed by atoms with Crippen molar-refractivity contribution in [2.24, 2.45) is 0 Å². The Morgan fingerprint density at radius 3 is 3.06 bits per heavy atom. The molecular formula is C12H18N4O. The Bertz CT molecular complexity index is 390. The Morgan fingerprint density at radius 2 is 2.35 bits per heavy atom. The van der Waals surface area contributed by atoms with E-state index in [9.17, 15) is 4.79 Å². The van der Waals surface area contributed by atoms with Gasteiger partial charge in [0.2, 0.25) is 5.95 Å². The van der Waals surface area contributed by atoms with E-state index in [0.29, 0.717) is 17.7 Å². The van der Waals surface area contributed by atoms with Crippen LogP contribution in [0.25, 0.3) is 0 Å². The second-order valence-electron chi connectivity index (χ2n) is 4.29. The van der Waals surface area contributed by atoms with E-state index in [-0.39, 0.29) is 5.91 Å². The summed E-state index contributed by atoms with van der Waals surface area (Å²) in [6.07, 6.45) is 5.97. The molecule has 1 aromatic heterocycles. The lowest BCUT2D eigenvalue weighted by Crippen LogP contribution is -2.26. The van der Waals surface area contributed by atoms with Crippen molar-refractivity contribution in [1.82, 2.24) is 15.3 Å². The number of nitrogens with zero attached hydrogens (tertiary/aromatic N) is 2. The van der Waals surface area contributed by atoms with Crippen LogP contribution in [-0.2, 0) is 0 Å². The first-order valence-corrected chi connectivity index (χ1v) is 6.17. The number of hydrogen-bond donors (Lipinski definition) is 2. The van der Waals surface area contributed by atoms with Gasteiger partial charge in [0, 0.05) is 18.8 Å². The average molecular weight is 234 g/mol. The molecule has 0 radical (unpaired) electrons. The Hall–Kier alpha value is -1.65. The molecule has 2 N–H and O–H groups in total. The van der Waals surface area contributed by atoms with Crippen molar-refractivity contribution in [2.45, 2.75) is 38.6 Å². The lowest BCUT2D eigenvalue weighted by molar-refractivity contribution is 0.0946. The monoisotopic (exact) mass is 234 g/mol. The van der Waals surface area contributed by atoms with Crippen LogP contribution < -0.4 is 10.6 Å². The summed E-state index contributed by atoms with van der Waals surface area (Å²) in [6, 6.07) is 2.00. The van der Waals surface area contributed by atoms with Gasteiger partial charge in [-0.05, 0) is 25.3 Å². The van der Waals surface area contributed by atoms with Crippen LogP contribution in [0.3, 0.4) is 0 Å². The quantitative estimate of drug-likeness (QED) is 0.733. The van der Waals surface area contributed by atoms with Crippen molar-refractivity contribution >= 4 is 11.9 Å². The van der Waals surface area contributed by atoms with Crippen LogP contribution in [0.1, 0.15) is 43.1 Å². The normalized spacial score (nSPS) is 14.4. The third-order valence-electron chi connectivity index (χ3n) is 2.61. The molecule has 5 heteroatoms. The number of hydrogen-bond acceptors (Lipinski definition) is 4. The third kappa shape index (κ3) is 3.69. The highest BCUT2D eigenvalue weighted by molar-refractivity contribution is 5.92. The highest BCUT2D eigenvalue weighted by Gasteiger charge is 2.24. The van der Waals surface area contributed by atoms with Crippen LogP contribution in [-0.4, -0.2) is 28.5 Å². The fourth-order valence-corrected chi connectivity index (χ4v) is 1.43. The molecule has 1 fully saturated rings. The van der Waals surface area contributed by atoms with Crippen molar-refractivity contribution in [3.63, 3.8) is 0 Å². The first-order chi connectivity index (χ1) is 8.29. The maximum Gasteiger partial charge on any atom is 0.270 e. The maximum absolute atomic E-state index is 11.7. The minimum Gasteiger partial charge on any atom is -0.354 e. The molecule has 0 atom stereocenters. The summed E-state index contributed by atoms with van der Waals surface area (Å²) in [5.41, 5.74) is 0.436. The number of carbonyl (C=O) groups is 1. The SMILES string of the molecule is CCCCNc1nccc(C(=O)NC2CC2)n1. The fourth-order valence-electron chi connectivity index (χ4n) is 1.43. The van der Waals surface area contributed by atoms with Gasteiger partial charge in [-0.1, -0.05) is 13.3 Å². The van der Waals surface area contributed by atoms with Crippen LogP contribution in [0.5, 0.6) is 0 Å². The summed E-state index contributed by atoms with van der Waals surface area (Å²) in [7, 11) is 0. The molecule has 1 heterocycles. The van der Waals surface area contributed by atoms with Crippen LogP contribution in [0.15, 0.2) is 12.3 Å². The smallest absolute Gasteiger partial charge is 0.270 e. The molecule has 17 heavy (non-hydrogen) atoms. The van der Waals surface area contributed by atoms with Crippen molar-refractivity contribution in [2.75, 3.05) is 11.9 Å². The number of aromatic nitrogens is 2. The van der Waals surface area contributed by atoms with Crippen molar-refractivity contribution in [3.8, 4) is 0 Å². The van der Waals surface area contributed by atoms with Gasteiger partial charge >= 0.3 is 0 Å². The zero-order valence-electron chi connectivity index (χ0n) is 10.1. The predicted octanol–water partition coefficient (Wildman–Crippen LogP) is 1.58. The van der Waals surface area contributed by atoms with Crippen molar-refractivity contribution in [3.05, 3.63) is 18.0 Å². The Kier molecular flexibility index (Phi) is 3.90. The average Bonchev–Trinajstić information content (AvgIpc) is 3.14. The van der Waals surface area contributed by atoms with Crippen molar-refractivity contribution in [1.29, 1.82) is 0 Å². The molecule has 0 aromatic carbocycles. The molecule has 2 rings (SSSR count). The van der Waals surface area contributed by atoms with E-state index in [1.165, 1.54) is 0 Å². The largest absolute Gasteiger partial charge is 0.354 e. The van der Waals surface area contributed by atoms with Crippen LogP contribution in [0.4, 0.5) is 5.95 Å². The van der Waals surface area contributed by atoms with Gasteiger partial charge in [0.1, 0.15) is 5.69 Å². The second kappa shape index (κ2) is 5.61. The van der Waals surface area contributed by atoms with E-state index in [2.05, 4.69) is 27.5 Å². The van der Waals surface area contributed by atoms with E-state index in [1.807, 2.05) is 0 Å². The van der Waals surface area contributed by atoms with Gasteiger partial charge in [0.15, 0.2) is 0 Å². The standard InChI is InChI=1S/C12H18N4O/c1-2-3-7-13-12-14-8-6-10(16-12)11(17)15-9-4-5-9/h6,8-9H,2-5,7H2,1H3,(H,15,17)(H,13,14,16). The second-order valence-corrected chi connectivity index (χ2v) is 4.29. The number of anilines is 1. The van der Waals surface area contributed by atoms with Gasteiger partial charge < -0.3 is 10.6 Å². The van der Waals surface area contributed by atoms with Gasteiger partial charge in [-0.3, -0.25) is 4.79 Å². The zero-order valence-corrected chi connectivity index (χ0v) is 10.1. The molecule has 1 aliphatic carbocycles. The van der Waals surface area contributed by atoms with Gasteiger partial charge in [-0.15, -0.1) is 0 Å². The number of unbranched alkanes of at least 4 members (excludes halogenated alkanes) is 1. The molecule has 0 bridgehead atoms. The molecule has 0 unspecified atom stereocenters. The number of nitrogens with one attached hydrogen (secondary N) is 2. The minimum atomic E-state index is -0.103. The lowest BCUT2D eigenvalue weighted by atomic mass is 10.3. The number of rotatable bonds is 6. The van der Waals surface area contributed by atoms with Gasteiger partial charge in [-0.2, -0.15) is 0 Å². The van der Waals surface area contributed by atoms with E-state index in [1.54, 1.807) is 12.3 Å². The van der Waals surface area contributed by atoms with Crippen LogP contribution in [0, 0.1) is 0 Å². The molecule has 1 saturated carbocycles. The molecule has 1 amide bonds. The first kappa shape index (κ1) is 11.8. The summed E-state index contributed by atoms with van der Waals surface area (Å²) >= 11 is 0. The van der Waals surface area contributed by atoms with Crippen molar-refractivity contribution < 1.29 is 4.79 Å². The summed E-state index contributed by atoms with van der Waals surface area (Å²) in [6.45, 7) is 2.96. The number of amides is 1. The van der Waals surface area contributed by atoms with E-state index in [4.69, 9.17) is 0 Å². The highest BCUT2D eigenvalue weighted by atomic mass is 16.2. The predicted molar refractivity (Wildman–Crippen MR) is 65.9 cm³/mol. The molecular weight excluding hydrogens is 216 g/mol. The summed E-state index contributed by atoms with van der Waals surface area (Å²) in [5.74, 6) is 0.426. The molecule has 0 saturated heterocycles. The topological polar surface area (TPSA) is 66.9 Å². The van der Waals surface area contributed by atoms with E-state index >= 15 is 0 Å². The molecule has 0 spiro atoms. The number of carbonyl (C=O) groups excluding carboxylic acids is 1. The summed E-state index contributed by atoms with van der Waals surface area (Å²) in [5, 5.41) is 6.02. The Labute approximate surface area is 101 Å². The van der Waals surface area contributed by atoms with Gasteiger partial charge in [0.25, 0.3) is 5.91 Å². The zero-order chi connectivity index (χ0) is 12.1. The minimum absolute atomic E-state index is 0.103. The van der Waals surface area contributed by atoms with E-state index in [0.717, 1.165) is 32.2 Å². The summed E-state index contributed by atoms with van der Waals surface area (Å²) in [4.78, 5) is 20.0. The molecule has 0 aliphatic heterocycles. The molecule has 5 nitrogen and oxygen atoms in total. The first-order valence-electron chi connectivity index (χ1n) is 6.17. The third-order valence-corrected chi connectivity index (χ3v) is 2.61. The fraction of sp³-hybridized carbons (Fsp3) is 0.583. The van der Waals surface area contributed by atoms with Crippen LogP contribution in [0.2, 0.25) is 0 Å². The van der Waals surface area contributed by atoms with Gasteiger partial charge in [0.05, 0.1) is 0 Å². The maximum atomic E-state index is 11.7. The Balaban J connectivity index is 1.92. The molecule has 1 aromatic rings. The highest BCUT2D eigenvalue weighted by Crippen LogP contribution is 2.19. The Morgan fingerprint density at radius 1 is 1.53 bits per heavy atom. The van der Waals surface area contributed by atoms with Crippen LogP contribution >= 0.6 is 0 Å². The molecule has 92 valence electrons. The van der Waals surface area contributed by atoms with Gasteiger partial charge in [-0.25, -0.2) is 9.97 Å². The lowest BCUT2D eigenvalue weighted by Gasteiger charge is -2.06.